The van der Waals surface area contributed by atoms with Crippen molar-refractivity contribution >= 4 is 0 Å². The number of hydrogen-bond acceptors (Lipinski definition) is 2. The number of hydrogen-bond donors (Lipinski definition) is 1. The van der Waals surface area contributed by atoms with Gasteiger partial charge in [0.25, 0.3) is 0 Å². The Hall–Kier alpha value is -1.68. The van der Waals surface area contributed by atoms with E-state index in [9.17, 15) is 4.39 Å². The fraction of sp³-hybridized carbons (Fsp3) is 0.400. The summed E-state index contributed by atoms with van der Waals surface area (Å²) in [6.07, 6.45) is 3.74. The Morgan fingerprint density at radius 3 is 2.58 bits per heavy atom. The van der Waals surface area contributed by atoms with Crippen LogP contribution in [0.25, 0.3) is 0 Å². The molecule has 2 aromatic rings. The molecule has 19 heavy (non-hydrogen) atoms. The fourth-order valence-electron chi connectivity index (χ4n) is 2.27. The van der Waals surface area contributed by atoms with E-state index in [1.54, 1.807) is 0 Å². The maximum Gasteiger partial charge on any atom is 0.123 e. The molecule has 1 atom stereocenters. The summed E-state index contributed by atoms with van der Waals surface area (Å²) in [5.74, 6) is -0.189. The zero-order valence-electron chi connectivity index (χ0n) is 11.4. The summed E-state index contributed by atoms with van der Waals surface area (Å²) in [6.45, 7) is 2.98. The van der Waals surface area contributed by atoms with Crippen molar-refractivity contribution < 1.29 is 4.39 Å². The topological polar surface area (TPSA) is 29.9 Å². The number of rotatable bonds is 6. The average Bonchev–Trinajstić information content (AvgIpc) is 2.81. The van der Waals surface area contributed by atoms with Crippen molar-refractivity contribution in [2.75, 3.05) is 6.54 Å². The smallest absolute Gasteiger partial charge is 0.123 e. The van der Waals surface area contributed by atoms with Gasteiger partial charge in [-0.15, -0.1) is 0 Å². The highest BCUT2D eigenvalue weighted by Gasteiger charge is 2.11. The van der Waals surface area contributed by atoms with Gasteiger partial charge in [0.05, 0.1) is 0 Å². The van der Waals surface area contributed by atoms with Crippen LogP contribution in [-0.2, 0) is 13.5 Å². The fourth-order valence-corrected chi connectivity index (χ4v) is 2.27. The number of aromatic nitrogens is 2. The Morgan fingerprint density at radius 2 is 2.00 bits per heavy atom. The van der Waals surface area contributed by atoms with Crippen LogP contribution in [0, 0.1) is 5.82 Å². The summed E-state index contributed by atoms with van der Waals surface area (Å²) in [6, 6.07) is 9.03. The zero-order valence-corrected chi connectivity index (χ0v) is 11.4. The summed E-state index contributed by atoms with van der Waals surface area (Å²) in [5.41, 5.74) is 2.34. The van der Waals surface area contributed by atoms with E-state index in [1.165, 1.54) is 17.8 Å². The highest BCUT2D eigenvalue weighted by atomic mass is 19.1. The molecule has 1 unspecified atom stereocenters. The lowest BCUT2D eigenvalue weighted by Crippen LogP contribution is -2.21. The van der Waals surface area contributed by atoms with Gasteiger partial charge >= 0.3 is 0 Å². The van der Waals surface area contributed by atoms with Crippen molar-refractivity contribution in [1.29, 1.82) is 0 Å². The Bertz CT molecular complexity index is 504. The van der Waals surface area contributed by atoms with Crippen LogP contribution in [0.2, 0.25) is 0 Å². The maximum absolute atomic E-state index is 13.0. The maximum atomic E-state index is 13.0. The molecule has 1 heterocycles. The largest absolute Gasteiger partial charge is 0.310 e. The van der Waals surface area contributed by atoms with Gasteiger partial charge in [0, 0.05) is 25.0 Å². The first kappa shape index (κ1) is 13.7. The summed E-state index contributed by atoms with van der Waals surface area (Å²) < 4.78 is 14.9. The third-order valence-electron chi connectivity index (χ3n) is 3.33. The minimum atomic E-state index is -0.189. The molecule has 0 radical (unpaired) electrons. The van der Waals surface area contributed by atoms with E-state index in [1.807, 2.05) is 36.1 Å². The van der Waals surface area contributed by atoms with E-state index in [0.29, 0.717) is 0 Å². The SMILES string of the molecule is CCNC(CCc1ccnn1C)c1ccc(F)cc1. The lowest BCUT2D eigenvalue weighted by molar-refractivity contribution is 0.505. The summed E-state index contributed by atoms with van der Waals surface area (Å²) in [7, 11) is 1.95. The van der Waals surface area contributed by atoms with Crippen molar-refractivity contribution in [2.45, 2.75) is 25.8 Å². The molecular formula is C15H20FN3. The minimum absolute atomic E-state index is 0.189. The molecule has 0 aliphatic heterocycles. The van der Waals surface area contributed by atoms with E-state index >= 15 is 0 Å². The molecule has 0 saturated carbocycles. The molecule has 0 bridgehead atoms. The lowest BCUT2D eigenvalue weighted by atomic mass is 10.0. The van der Waals surface area contributed by atoms with E-state index in [4.69, 9.17) is 0 Å². The molecule has 102 valence electrons. The molecule has 3 nitrogen and oxygen atoms in total. The molecule has 1 N–H and O–H groups in total. The predicted octanol–water partition coefficient (Wildman–Crippen LogP) is 2.84. The molecule has 0 saturated heterocycles. The van der Waals surface area contributed by atoms with Gasteiger partial charge < -0.3 is 5.32 Å². The lowest BCUT2D eigenvalue weighted by Gasteiger charge is -2.18. The van der Waals surface area contributed by atoms with E-state index in [0.717, 1.165) is 24.9 Å². The van der Waals surface area contributed by atoms with E-state index in [-0.39, 0.29) is 11.9 Å². The summed E-state index contributed by atoms with van der Waals surface area (Å²) in [5, 5.41) is 7.62. The third kappa shape index (κ3) is 3.64. The molecule has 4 heteroatoms. The van der Waals surface area contributed by atoms with Crippen LogP contribution < -0.4 is 5.32 Å². The zero-order chi connectivity index (χ0) is 13.7. The van der Waals surface area contributed by atoms with Gasteiger partial charge in [0.2, 0.25) is 0 Å². The van der Waals surface area contributed by atoms with Crippen molar-refractivity contribution in [2.24, 2.45) is 7.05 Å². The van der Waals surface area contributed by atoms with Crippen LogP contribution in [0.5, 0.6) is 0 Å². The van der Waals surface area contributed by atoms with Crippen molar-refractivity contribution in [3.63, 3.8) is 0 Å². The van der Waals surface area contributed by atoms with Gasteiger partial charge in [-0.2, -0.15) is 5.10 Å². The highest BCUT2D eigenvalue weighted by molar-refractivity contribution is 5.20. The molecular weight excluding hydrogens is 241 g/mol. The number of aryl methyl sites for hydroxylation is 2. The average molecular weight is 261 g/mol. The number of nitrogens with one attached hydrogen (secondary N) is 1. The third-order valence-corrected chi connectivity index (χ3v) is 3.33. The highest BCUT2D eigenvalue weighted by Crippen LogP contribution is 2.19. The molecule has 0 spiro atoms. The molecule has 0 aliphatic carbocycles. The van der Waals surface area contributed by atoms with Gasteiger partial charge in [-0.1, -0.05) is 19.1 Å². The first-order chi connectivity index (χ1) is 9.20. The Morgan fingerprint density at radius 1 is 1.26 bits per heavy atom. The second-order valence-electron chi connectivity index (χ2n) is 4.65. The van der Waals surface area contributed by atoms with Gasteiger partial charge in [-0.3, -0.25) is 4.68 Å². The summed E-state index contributed by atoms with van der Waals surface area (Å²) in [4.78, 5) is 0. The van der Waals surface area contributed by atoms with Crippen LogP contribution in [-0.4, -0.2) is 16.3 Å². The van der Waals surface area contributed by atoms with Crippen molar-refractivity contribution in [1.82, 2.24) is 15.1 Å². The van der Waals surface area contributed by atoms with E-state index < -0.39 is 0 Å². The van der Waals surface area contributed by atoms with Crippen molar-refractivity contribution in [3.8, 4) is 0 Å². The van der Waals surface area contributed by atoms with Crippen molar-refractivity contribution in [3.05, 3.63) is 53.6 Å². The second kappa shape index (κ2) is 6.48. The first-order valence-corrected chi connectivity index (χ1v) is 6.66. The monoisotopic (exact) mass is 261 g/mol. The Labute approximate surface area is 113 Å². The molecule has 1 aromatic carbocycles. The standard InChI is InChI=1S/C15H20FN3/c1-3-17-15(12-4-6-13(16)7-5-12)9-8-14-10-11-18-19(14)2/h4-7,10-11,15,17H,3,8-9H2,1-2H3. The Balaban J connectivity index is 2.04. The number of nitrogens with zero attached hydrogens (tertiary/aromatic N) is 2. The van der Waals surface area contributed by atoms with Crippen LogP contribution in [0.4, 0.5) is 4.39 Å². The molecule has 1 aromatic heterocycles. The van der Waals surface area contributed by atoms with Gasteiger partial charge in [-0.25, -0.2) is 4.39 Å². The van der Waals surface area contributed by atoms with E-state index in [2.05, 4.69) is 17.3 Å². The quantitative estimate of drug-likeness (QED) is 0.866. The first-order valence-electron chi connectivity index (χ1n) is 6.66. The normalized spacial score (nSPS) is 12.6. The summed E-state index contributed by atoms with van der Waals surface area (Å²) >= 11 is 0. The molecule has 0 amide bonds. The molecule has 2 rings (SSSR count). The Kier molecular flexibility index (Phi) is 4.68. The van der Waals surface area contributed by atoms with Crippen LogP contribution in [0.15, 0.2) is 36.5 Å². The number of halogens is 1. The van der Waals surface area contributed by atoms with Crippen LogP contribution in [0.3, 0.4) is 0 Å². The van der Waals surface area contributed by atoms with Gasteiger partial charge in [0.15, 0.2) is 0 Å². The molecule has 0 aliphatic rings. The number of benzene rings is 1. The molecule has 0 fully saturated rings. The second-order valence-corrected chi connectivity index (χ2v) is 4.65. The minimum Gasteiger partial charge on any atom is -0.310 e. The van der Waals surface area contributed by atoms with Gasteiger partial charge in [-0.05, 0) is 43.1 Å². The van der Waals surface area contributed by atoms with Crippen LogP contribution >= 0.6 is 0 Å². The van der Waals surface area contributed by atoms with Crippen LogP contribution in [0.1, 0.15) is 30.6 Å². The van der Waals surface area contributed by atoms with Gasteiger partial charge in [0.1, 0.15) is 5.82 Å². The predicted molar refractivity (Wildman–Crippen MR) is 74.3 cm³/mol.